The third-order valence-corrected chi connectivity index (χ3v) is 6.14. The van der Waals surface area contributed by atoms with Gasteiger partial charge >= 0.3 is 0 Å². The molecular weight excluding hydrogens is 380 g/mol. The summed E-state index contributed by atoms with van der Waals surface area (Å²) in [7, 11) is 0. The largest absolute Gasteiger partial charge is 0.334 e. The lowest BCUT2D eigenvalue weighted by Crippen LogP contribution is -2.42. The molecule has 1 amide bonds. The molecule has 2 fully saturated rings. The summed E-state index contributed by atoms with van der Waals surface area (Å²) < 4.78 is 0. The van der Waals surface area contributed by atoms with E-state index in [4.69, 9.17) is 0 Å². The van der Waals surface area contributed by atoms with Crippen LogP contribution in [0.1, 0.15) is 36.0 Å². The van der Waals surface area contributed by atoms with Gasteiger partial charge < -0.3 is 9.80 Å². The zero-order valence-electron chi connectivity index (χ0n) is 15.3. The topological polar surface area (TPSA) is 49.3 Å². The van der Waals surface area contributed by atoms with Crippen LogP contribution in [-0.2, 0) is 0 Å². The van der Waals surface area contributed by atoms with Gasteiger partial charge in [0.25, 0.3) is 5.91 Å². The highest BCUT2D eigenvalue weighted by Crippen LogP contribution is 2.27. The molecule has 27 heavy (non-hydrogen) atoms. The second kappa shape index (κ2) is 9.53. The molecule has 5 nitrogen and oxygen atoms in total. The highest BCUT2D eigenvalue weighted by Gasteiger charge is 2.31. The summed E-state index contributed by atoms with van der Waals surface area (Å²) in [6.45, 7) is 4.29. The Morgan fingerprint density at radius 3 is 2.56 bits per heavy atom. The van der Waals surface area contributed by atoms with Crippen molar-refractivity contribution in [3.63, 3.8) is 0 Å². The van der Waals surface area contributed by atoms with E-state index < -0.39 is 0 Å². The van der Waals surface area contributed by atoms with Crippen LogP contribution >= 0.6 is 24.2 Å². The van der Waals surface area contributed by atoms with Crippen molar-refractivity contribution in [2.24, 2.45) is 0 Å². The van der Waals surface area contributed by atoms with Crippen LogP contribution < -0.4 is 0 Å². The molecule has 3 heterocycles. The summed E-state index contributed by atoms with van der Waals surface area (Å²) >= 11 is 1.58. The second-order valence-electron chi connectivity index (χ2n) is 6.98. The lowest BCUT2D eigenvalue weighted by Gasteiger charge is -2.28. The summed E-state index contributed by atoms with van der Waals surface area (Å²) in [4.78, 5) is 26.8. The number of nitrogens with zero attached hydrogens (tertiary/aromatic N) is 4. The third-order valence-electron chi connectivity index (χ3n) is 5.18. The standard InChI is InChI=1S/C20H24N4OS.ClH/c25-20(24-13-3-4-17(24)14-23-11-1-2-12-23)16-5-7-18(8-6-16)26-19-9-10-21-15-22-19;/h5-10,15,17H,1-4,11-14H2;1H. The molecular formula is C20H25ClN4OS. The van der Waals surface area contributed by atoms with Crippen LogP contribution in [0.3, 0.4) is 0 Å². The first-order valence-corrected chi connectivity index (χ1v) is 10.2. The van der Waals surface area contributed by atoms with Crippen LogP contribution in [0.5, 0.6) is 0 Å². The first-order valence-electron chi connectivity index (χ1n) is 9.37. The Bertz CT molecular complexity index is 737. The van der Waals surface area contributed by atoms with E-state index in [1.165, 1.54) is 25.9 Å². The second-order valence-corrected chi connectivity index (χ2v) is 8.07. The Morgan fingerprint density at radius 2 is 1.85 bits per heavy atom. The molecule has 0 aliphatic carbocycles. The number of halogens is 1. The van der Waals surface area contributed by atoms with Gasteiger partial charge in [-0.05, 0) is 69.1 Å². The van der Waals surface area contributed by atoms with Crippen molar-refractivity contribution in [1.29, 1.82) is 0 Å². The summed E-state index contributed by atoms with van der Waals surface area (Å²) in [5, 5.41) is 0.907. The maximum absolute atomic E-state index is 13.0. The highest BCUT2D eigenvalue weighted by atomic mass is 35.5. The van der Waals surface area contributed by atoms with Gasteiger partial charge in [-0.3, -0.25) is 4.79 Å². The molecule has 2 saturated heterocycles. The van der Waals surface area contributed by atoms with E-state index in [0.717, 1.165) is 41.4 Å². The van der Waals surface area contributed by atoms with Crippen LogP contribution in [0.15, 0.2) is 52.8 Å². The van der Waals surface area contributed by atoms with Gasteiger partial charge in [0.05, 0.1) is 0 Å². The normalized spacial score (nSPS) is 19.9. The Labute approximate surface area is 171 Å². The fraction of sp³-hybridized carbons (Fsp3) is 0.450. The number of likely N-dealkylation sites (tertiary alicyclic amines) is 2. The summed E-state index contributed by atoms with van der Waals surface area (Å²) in [5.41, 5.74) is 0.783. The number of benzene rings is 1. The quantitative estimate of drug-likeness (QED) is 0.710. The number of aromatic nitrogens is 2. The molecule has 2 aliphatic rings. The van der Waals surface area contributed by atoms with E-state index in [1.807, 2.05) is 30.3 Å². The van der Waals surface area contributed by atoms with Crippen LogP contribution in [-0.4, -0.2) is 57.9 Å². The molecule has 0 saturated carbocycles. The molecule has 4 rings (SSSR count). The van der Waals surface area contributed by atoms with Crippen molar-refractivity contribution < 1.29 is 4.79 Å². The average molecular weight is 405 g/mol. The smallest absolute Gasteiger partial charge is 0.254 e. The van der Waals surface area contributed by atoms with E-state index in [-0.39, 0.29) is 18.3 Å². The average Bonchev–Trinajstić information content (AvgIpc) is 3.35. The Balaban J connectivity index is 0.00000210. The summed E-state index contributed by atoms with van der Waals surface area (Å²) in [6, 6.07) is 10.2. The highest BCUT2D eigenvalue weighted by molar-refractivity contribution is 7.99. The minimum atomic E-state index is 0. The molecule has 2 aromatic rings. The van der Waals surface area contributed by atoms with Gasteiger partial charge in [0.1, 0.15) is 11.4 Å². The van der Waals surface area contributed by atoms with E-state index in [2.05, 4.69) is 19.8 Å². The number of carbonyl (C=O) groups excluding carboxylic acids is 1. The molecule has 0 spiro atoms. The van der Waals surface area contributed by atoms with E-state index in [0.29, 0.717) is 6.04 Å². The number of hydrogen-bond acceptors (Lipinski definition) is 5. The van der Waals surface area contributed by atoms with Crippen LogP contribution in [0, 0.1) is 0 Å². The molecule has 1 unspecified atom stereocenters. The predicted molar refractivity (Wildman–Crippen MR) is 110 cm³/mol. The van der Waals surface area contributed by atoms with Gasteiger partial charge in [0.15, 0.2) is 0 Å². The number of hydrogen-bond donors (Lipinski definition) is 0. The molecule has 0 N–H and O–H groups in total. The number of amides is 1. The first-order chi connectivity index (χ1) is 12.8. The van der Waals surface area contributed by atoms with Crippen molar-refractivity contribution in [1.82, 2.24) is 19.8 Å². The summed E-state index contributed by atoms with van der Waals surface area (Å²) in [6.07, 6.45) is 8.13. The van der Waals surface area contributed by atoms with Crippen molar-refractivity contribution >= 4 is 30.1 Å². The van der Waals surface area contributed by atoms with Gasteiger partial charge in [-0.2, -0.15) is 0 Å². The van der Waals surface area contributed by atoms with Crippen LogP contribution in [0.2, 0.25) is 0 Å². The predicted octanol–water partition coefficient (Wildman–Crippen LogP) is 3.75. The third kappa shape index (κ3) is 5.00. The van der Waals surface area contributed by atoms with E-state index in [1.54, 1.807) is 24.3 Å². The lowest BCUT2D eigenvalue weighted by molar-refractivity contribution is 0.0708. The zero-order chi connectivity index (χ0) is 17.8. The summed E-state index contributed by atoms with van der Waals surface area (Å²) in [5.74, 6) is 0.172. The minimum Gasteiger partial charge on any atom is -0.334 e. The molecule has 0 radical (unpaired) electrons. The fourth-order valence-electron chi connectivity index (χ4n) is 3.85. The maximum Gasteiger partial charge on any atom is 0.254 e. The Kier molecular flexibility index (Phi) is 7.10. The van der Waals surface area contributed by atoms with Crippen molar-refractivity contribution in [3.05, 3.63) is 48.4 Å². The number of rotatable bonds is 5. The molecule has 1 aromatic heterocycles. The van der Waals surface area contributed by atoms with Gasteiger partial charge in [0.2, 0.25) is 0 Å². The zero-order valence-corrected chi connectivity index (χ0v) is 16.9. The van der Waals surface area contributed by atoms with Crippen LogP contribution in [0.25, 0.3) is 0 Å². The van der Waals surface area contributed by atoms with Gasteiger partial charge in [-0.1, -0.05) is 11.8 Å². The Hall–Kier alpha value is -1.63. The van der Waals surface area contributed by atoms with Crippen molar-refractivity contribution in [3.8, 4) is 0 Å². The molecule has 0 bridgehead atoms. The van der Waals surface area contributed by atoms with Crippen LogP contribution in [0.4, 0.5) is 0 Å². The molecule has 144 valence electrons. The lowest BCUT2D eigenvalue weighted by atomic mass is 10.1. The molecule has 2 aliphatic heterocycles. The monoisotopic (exact) mass is 404 g/mol. The fourth-order valence-corrected chi connectivity index (χ4v) is 4.59. The first kappa shape index (κ1) is 20.1. The van der Waals surface area contributed by atoms with Gasteiger partial charge in [-0.25, -0.2) is 9.97 Å². The minimum absolute atomic E-state index is 0. The number of carbonyl (C=O) groups is 1. The Morgan fingerprint density at radius 1 is 1.07 bits per heavy atom. The van der Waals surface area contributed by atoms with Gasteiger partial charge in [0, 0.05) is 35.8 Å². The van der Waals surface area contributed by atoms with Gasteiger partial charge in [-0.15, -0.1) is 12.4 Å². The van der Waals surface area contributed by atoms with Crippen molar-refractivity contribution in [2.45, 2.75) is 41.6 Å². The molecule has 1 aromatic carbocycles. The maximum atomic E-state index is 13.0. The molecule has 1 atom stereocenters. The van der Waals surface area contributed by atoms with E-state index >= 15 is 0 Å². The SMILES string of the molecule is Cl.O=C(c1ccc(Sc2ccncn2)cc1)N1CCCC1CN1CCCC1. The van der Waals surface area contributed by atoms with E-state index in [9.17, 15) is 4.79 Å². The molecule has 7 heteroatoms. The van der Waals surface area contributed by atoms with Crippen molar-refractivity contribution in [2.75, 3.05) is 26.2 Å².